The highest BCUT2D eigenvalue weighted by Crippen LogP contribution is 2.53. The molecule has 1 aromatic heterocycles. The van der Waals surface area contributed by atoms with Crippen molar-refractivity contribution < 1.29 is 19.4 Å². The normalized spacial score (nSPS) is 19.2. The number of hydrogen-bond donors (Lipinski definition) is 1. The predicted molar refractivity (Wildman–Crippen MR) is 108 cm³/mol. The smallest absolute Gasteiger partial charge is 0.306 e. The van der Waals surface area contributed by atoms with Gasteiger partial charge in [0.1, 0.15) is 0 Å². The monoisotopic (exact) mass is 390 g/mol. The first-order valence-electron chi connectivity index (χ1n) is 9.65. The second-order valence-electron chi connectivity index (χ2n) is 7.73. The van der Waals surface area contributed by atoms with Gasteiger partial charge < -0.3 is 9.84 Å². The molecule has 3 aromatic rings. The summed E-state index contributed by atoms with van der Waals surface area (Å²) >= 11 is 0. The molecule has 0 saturated carbocycles. The molecule has 148 valence electrons. The molecule has 6 nitrogen and oxygen atoms in total. The van der Waals surface area contributed by atoms with E-state index in [1.165, 1.54) is 0 Å². The first-order valence-corrected chi connectivity index (χ1v) is 9.65. The summed E-state index contributed by atoms with van der Waals surface area (Å²) in [6, 6.07) is 15.5. The Balaban J connectivity index is 1.99. The lowest BCUT2D eigenvalue weighted by Crippen LogP contribution is -2.35. The first kappa shape index (κ1) is 19.1. The van der Waals surface area contributed by atoms with Gasteiger partial charge in [0, 0.05) is 11.0 Å². The van der Waals surface area contributed by atoms with Crippen LogP contribution in [0.25, 0.3) is 22.3 Å². The van der Waals surface area contributed by atoms with Gasteiger partial charge in [-0.15, -0.1) is 0 Å². The van der Waals surface area contributed by atoms with Crippen LogP contribution < -0.4 is 0 Å². The van der Waals surface area contributed by atoms with E-state index < -0.39 is 23.4 Å². The van der Waals surface area contributed by atoms with Gasteiger partial charge in [0.2, 0.25) is 0 Å². The van der Waals surface area contributed by atoms with Crippen molar-refractivity contribution in [2.45, 2.75) is 38.2 Å². The van der Waals surface area contributed by atoms with E-state index in [4.69, 9.17) is 14.7 Å². The number of aromatic nitrogens is 2. The minimum Gasteiger partial charge on any atom is -0.481 e. The molecule has 1 heterocycles. The van der Waals surface area contributed by atoms with Gasteiger partial charge in [-0.1, -0.05) is 43.3 Å². The zero-order valence-electron chi connectivity index (χ0n) is 16.3. The lowest BCUT2D eigenvalue weighted by atomic mass is 9.70. The molecule has 0 bridgehead atoms. The molecule has 2 aromatic carbocycles. The highest BCUT2D eigenvalue weighted by molar-refractivity contribution is 5.84. The van der Waals surface area contributed by atoms with Gasteiger partial charge in [-0.05, 0) is 37.5 Å². The number of hydrogen-bond acceptors (Lipinski definition) is 5. The molecule has 3 unspecified atom stereocenters. The molecular weight excluding hydrogens is 368 g/mol. The molecule has 0 spiro atoms. The Morgan fingerprint density at radius 3 is 2.41 bits per heavy atom. The summed E-state index contributed by atoms with van der Waals surface area (Å²) in [5, 5.41) is 9.64. The summed E-state index contributed by atoms with van der Waals surface area (Å²) in [6.07, 6.45) is 0.368. The Hall–Kier alpha value is -3.28. The SMILES string of the molecule is CC(CC1(CC(C)C(=O)O)c2ccccc2-c2nc3ccccc3nc21)OC=O. The fourth-order valence-corrected chi connectivity index (χ4v) is 4.50. The average molecular weight is 390 g/mol. The summed E-state index contributed by atoms with van der Waals surface area (Å²) in [5.74, 6) is -1.47. The van der Waals surface area contributed by atoms with Crippen LogP contribution in [0.1, 0.15) is 37.9 Å². The number of ether oxygens (including phenoxy) is 1. The first-order chi connectivity index (χ1) is 14.0. The Kier molecular flexibility index (Phi) is 4.78. The number of para-hydroxylation sites is 2. The van der Waals surface area contributed by atoms with Crippen LogP contribution in [-0.4, -0.2) is 33.6 Å². The molecule has 1 N–H and O–H groups in total. The van der Waals surface area contributed by atoms with Crippen molar-refractivity contribution in [1.29, 1.82) is 0 Å². The van der Waals surface area contributed by atoms with E-state index in [2.05, 4.69) is 0 Å². The topological polar surface area (TPSA) is 89.4 Å². The van der Waals surface area contributed by atoms with Crippen molar-refractivity contribution in [3.63, 3.8) is 0 Å². The fourth-order valence-electron chi connectivity index (χ4n) is 4.50. The van der Waals surface area contributed by atoms with Gasteiger partial charge in [-0.3, -0.25) is 9.59 Å². The van der Waals surface area contributed by atoms with Gasteiger partial charge in [-0.2, -0.15) is 0 Å². The third-order valence-electron chi connectivity index (χ3n) is 5.72. The van der Waals surface area contributed by atoms with E-state index in [-0.39, 0.29) is 0 Å². The highest BCUT2D eigenvalue weighted by Gasteiger charge is 2.48. The maximum Gasteiger partial charge on any atom is 0.306 e. The van der Waals surface area contributed by atoms with Crippen molar-refractivity contribution >= 4 is 23.5 Å². The van der Waals surface area contributed by atoms with Crippen LogP contribution in [0, 0.1) is 5.92 Å². The number of rotatable bonds is 7. The molecule has 0 fully saturated rings. The Bertz CT molecular complexity index is 1100. The van der Waals surface area contributed by atoms with Gasteiger partial charge in [0.25, 0.3) is 6.47 Å². The van der Waals surface area contributed by atoms with Gasteiger partial charge in [-0.25, -0.2) is 9.97 Å². The zero-order valence-corrected chi connectivity index (χ0v) is 16.3. The number of carboxylic acid groups (broad SMARTS) is 1. The maximum atomic E-state index is 11.8. The van der Waals surface area contributed by atoms with E-state index >= 15 is 0 Å². The molecule has 0 radical (unpaired) electrons. The van der Waals surface area contributed by atoms with Crippen LogP contribution in [0.4, 0.5) is 0 Å². The highest BCUT2D eigenvalue weighted by atomic mass is 16.5. The predicted octanol–water partition coefficient (Wildman–Crippen LogP) is 3.96. The van der Waals surface area contributed by atoms with Crippen molar-refractivity contribution in [3.05, 3.63) is 59.8 Å². The van der Waals surface area contributed by atoms with Crippen LogP contribution in [0.3, 0.4) is 0 Å². The molecule has 3 atom stereocenters. The third-order valence-corrected chi connectivity index (χ3v) is 5.72. The van der Waals surface area contributed by atoms with E-state index in [0.717, 1.165) is 33.5 Å². The van der Waals surface area contributed by atoms with Crippen molar-refractivity contribution in [3.8, 4) is 11.3 Å². The zero-order chi connectivity index (χ0) is 20.6. The van der Waals surface area contributed by atoms with Crippen molar-refractivity contribution in [1.82, 2.24) is 9.97 Å². The lowest BCUT2D eigenvalue weighted by molar-refractivity contribution is -0.142. The van der Waals surface area contributed by atoms with E-state index in [1.807, 2.05) is 55.5 Å². The molecule has 0 aliphatic heterocycles. The molecular formula is C23H22N2O4. The second-order valence-corrected chi connectivity index (χ2v) is 7.73. The largest absolute Gasteiger partial charge is 0.481 e. The van der Waals surface area contributed by atoms with Crippen molar-refractivity contribution in [2.24, 2.45) is 5.92 Å². The van der Waals surface area contributed by atoms with Crippen LogP contribution in [-0.2, 0) is 19.7 Å². The minimum absolute atomic E-state index is 0.339. The summed E-state index contributed by atoms with van der Waals surface area (Å²) in [7, 11) is 0. The Labute approximate surface area is 168 Å². The van der Waals surface area contributed by atoms with Crippen LogP contribution in [0.15, 0.2) is 48.5 Å². The number of aliphatic carboxylic acids is 1. The molecule has 4 rings (SSSR count). The number of nitrogens with zero attached hydrogens (tertiary/aromatic N) is 2. The Morgan fingerprint density at radius 2 is 1.72 bits per heavy atom. The number of carbonyl (C=O) groups is 2. The minimum atomic E-state index is -0.868. The van der Waals surface area contributed by atoms with Gasteiger partial charge in [0.05, 0.1) is 34.4 Å². The average Bonchev–Trinajstić information content (AvgIpc) is 2.96. The number of benzene rings is 2. The summed E-state index contributed by atoms with van der Waals surface area (Å²) in [5.41, 5.74) is 4.32. The fraction of sp³-hybridized carbons (Fsp3) is 0.304. The summed E-state index contributed by atoms with van der Waals surface area (Å²) < 4.78 is 5.21. The molecule has 0 saturated heterocycles. The summed E-state index contributed by atoms with van der Waals surface area (Å²) in [4.78, 5) is 32.5. The Morgan fingerprint density at radius 1 is 1.07 bits per heavy atom. The van der Waals surface area contributed by atoms with E-state index in [9.17, 15) is 14.7 Å². The maximum absolute atomic E-state index is 11.8. The molecule has 6 heteroatoms. The van der Waals surface area contributed by atoms with Crippen LogP contribution in [0.2, 0.25) is 0 Å². The van der Waals surface area contributed by atoms with E-state index in [0.29, 0.717) is 19.3 Å². The second kappa shape index (κ2) is 7.28. The molecule has 1 aliphatic carbocycles. The van der Waals surface area contributed by atoms with Crippen LogP contribution in [0.5, 0.6) is 0 Å². The lowest BCUT2D eigenvalue weighted by Gasteiger charge is -2.34. The molecule has 1 aliphatic rings. The standard InChI is InChI=1S/C23H22N2O4/c1-14(22(27)28)11-23(12-15(2)29-13-26)17-8-4-3-7-16(17)20-21(23)25-19-10-6-5-9-18(19)24-20/h3-10,13-15H,11-12H2,1-2H3,(H,27,28). The molecule has 0 amide bonds. The van der Waals surface area contributed by atoms with Crippen LogP contribution >= 0.6 is 0 Å². The van der Waals surface area contributed by atoms with Gasteiger partial charge >= 0.3 is 5.97 Å². The van der Waals surface area contributed by atoms with E-state index in [1.54, 1.807) is 6.92 Å². The third kappa shape index (κ3) is 3.14. The molecule has 29 heavy (non-hydrogen) atoms. The quantitative estimate of drug-likeness (QED) is 0.614. The number of fused-ring (bicyclic) bond motifs is 4. The summed E-state index contributed by atoms with van der Waals surface area (Å²) in [6.45, 7) is 3.95. The number of carboxylic acids is 1. The van der Waals surface area contributed by atoms with Crippen molar-refractivity contribution in [2.75, 3.05) is 0 Å². The van der Waals surface area contributed by atoms with Gasteiger partial charge in [0.15, 0.2) is 0 Å². The number of carbonyl (C=O) groups excluding carboxylic acids is 1.